The predicted molar refractivity (Wildman–Crippen MR) is 107 cm³/mol. The van der Waals surface area contributed by atoms with E-state index in [1.54, 1.807) is 42.5 Å². The van der Waals surface area contributed by atoms with E-state index in [9.17, 15) is 32.7 Å². The van der Waals surface area contributed by atoms with Crippen LogP contribution in [0.5, 0.6) is 0 Å². The molecule has 2 N–H and O–H groups in total. The number of rotatable bonds is 5. The molecule has 0 bridgehead atoms. The molecule has 2 aliphatic rings. The number of para-hydroxylation sites is 1. The van der Waals surface area contributed by atoms with Crippen LogP contribution in [0, 0.1) is 0 Å². The predicted octanol–water partition coefficient (Wildman–Crippen LogP) is 2.21. The van der Waals surface area contributed by atoms with E-state index in [0.717, 1.165) is 0 Å². The molecular formula is C22H20F3N3O4. The molecule has 1 fully saturated rings. The van der Waals surface area contributed by atoms with Gasteiger partial charge in [0.15, 0.2) is 6.10 Å². The minimum atomic E-state index is -4.92. The van der Waals surface area contributed by atoms with Crippen molar-refractivity contribution in [3.05, 3.63) is 65.7 Å². The zero-order chi connectivity index (χ0) is 23.1. The van der Waals surface area contributed by atoms with Crippen LogP contribution in [-0.4, -0.2) is 52.2 Å². The van der Waals surface area contributed by atoms with Crippen LogP contribution in [0.4, 0.5) is 18.9 Å². The lowest BCUT2D eigenvalue weighted by atomic mass is 9.94. The largest absolute Gasteiger partial charge is 0.416 e. The first-order chi connectivity index (χ1) is 15.2. The number of carbonyl (C=O) groups excluding carboxylic acids is 3. The van der Waals surface area contributed by atoms with Gasteiger partial charge in [0.2, 0.25) is 11.6 Å². The van der Waals surface area contributed by atoms with Crippen LogP contribution in [0.2, 0.25) is 0 Å². The molecular weight excluding hydrogens is 427 g/mol. The molecule has 2 aliphatic heterocycles. The van der Waals surface area contributed by atoms with Gasteiger partial charge in [0.1, 0.15) is 0 Å². The van der Waals surface area contributed by atoms with Gasteiger partial charge in [-0.3, -0.25) is 19.3 Å². The van der Waals surface area contributed by atoms with Gasteiger partial charge in [-0.25, -0.2) is 0 Å². The van der Waals surface area contributed by atoms with E-state index in [-0.39, 0.29) is 30.6 Å². The second-order valence-corrected chi connectivity index (χ2v) is 7.71. The molecule has 32 heavy (non-hydrogen) atoms. The normalized spacial score (nSPS) is 21.2. The summed E-state index contributed by atoms with van der Waals surface area (Å²) in [5.41, 5.74) is -0.709. The summed E-state index contributed by atoms with van der Waals surface area (Å²) in [4.78, 5) is 42.1. The van der Waals surface area contributed by atoms with Gasteiger partial charge in [0, 0.05) is 19.4 Å². The molecule has 4 rings (SSSR count). The summed E-state index contributed by atoms with van der Waals surface area (Å²) in [5.74, 6) is -1.89. The SMILES string of the molecule is O=C1c2ccccc2N2C(=O)CC[C@@]2(C(=O)NC[C@@H](O)C(F)(F)F)N1Cc1ccccc1. The topological polar surface area (TPSA) is 90.0 Å². The summed E-state index contributed by atoms with van der Waals surface area (Å²) >= 11 is 0. The van der Waals surface area contributed by atoms with Crippen LogP contribution in [0.25, 0.3) is 0 Å². The van der Waals surface area contributed by atoms with E-state index < -0.39 is 42.2 Å². The Labute approximate surface area is 181 Å². The van der Waals surface area contributed by atoms with Crippen LogP contribution >= 0.6 is 0 Å². The van der Waals surface area contributed by atoms with E-state index in [0.29, 0.717) is 5.56 Å². The molecule has 7 nitrogen and oxygen atoms in total. The minimum absolute atomic E-state index is 0.0347. The van der Waals surface area contributed by atoms with Crippen molar-refractivity contribution in [1.29, 1.82) is 0 Å². The first-order valence-corrected chi connectivity index (χ1v) is 9.97. The molecule has 0 spiro atoms. The fourth-order valence-corrected chi connectivity index (χ4v) is 4.22. The lowest BCUT2D eigenvalue weighted by Gasteiger charge is -2.49. The summed E-state index contributed by atoms with van der Waals surface area (Å²) in [5, 5.41) is 11.4. The second kappa shape index (κ2) is 7.94. The lowest BCUT2D eigenvalue weighted by molar-refractivity contribution is -0.202. The molecule has 0 unspecified atom stereocenters. The van der Waals surface area contributed by atoms with Gasteiger partial charge in [-0.15, -0.1) is 0 Å². The van der Waals surface area contributed by atoms with Crippen molar-refractivity contribution < 1.29 is 32.7 Å². The van der Waals surface area contributed by atoms with Crippen LogP contribution < -0.4 is 10.2 Å². The number of benzene rings is 2. The van der Waals surface area contributed by atoms with Crippen molar-refractivity contribution in [3.8, 4) is 0 Å². The standard InChI is InChI=1S/C22H20F3N3O4/c23-22(24,25)17(29)12-26-20(32)21-11-10-18(30)28(21)16-9-5-4-8-15(16)19(31)27(21)13-14-6-2-1-3-7-14/h1-9,17,29H,10-13H2,(H,26,32)/t17-,21-/m1/s1. The highest BCUT2D eigenvalue weighted by molar-refractivity contribution is 6.16. The van der Waals surface area contributed by atoms with E-state index in [4.69, 9.17) is 0 Å². The van der Waals surface area contributed by atoms with E-state index >= 15 is 0 Å². The average Bonchev–Trinajstić information content (AvgIpc) is 3.13. The number of nitrogens with one attached hydrogen (secondary N) is 1. The van der Waals surface area contributed by atoms with E-state index in [1.807, 2.05) is 0 Å². The Morgan fingerprint density at radius 1 is 1.09 bits per heavy atom. The zero-order valence-corrected chi connectivity index (χ0v) is 16.8. The van der Waals surface area contributed by atoms with Crippen molar-refractivity contribution in [2.75, 3.05) is 11.4 Å². The molecule has 2 atom stereocenters. The van der Waals surface area contributed by atoms with Crippen molar-refractivity contribution in [1.82, 2.24) is 10.2 Å². The number of hydrogen-bond acceptors (Lipinski definition) is 4. The van der Waals surface area contributed by atoms with Crippen molar-refractivity contribution in [2.45, 2.75) is 37.3 Å². The first kappa shape index (κ1) is 21.8. The number of carbonyl (C=O) groups is 3. The van der Waals surface area contributed by atoms with Crippen molar-refractivity contribution >= 4 is 23.4 Å². The summed E-state index contributed by atoms with van der Waals surface area (Å²) in [6, 6.07) is 15.1. The maximum Gasteiger partial charge on any atom is 0.416 e. The van der Waals surface area contributed by atoms with Gasteiger partial charge in [-0.1, -0.05) is 42.5 Å². The Hall–Kier alpha value is -3.40. The molecule has 0 aromatic heterocycles. The Balaban J connectivity index is 1.78. The summed E-state index contributed by atoms with van der Waals surface area (Å²) < 4.78 is 38.3. The number of aliphatic hydroxyl groups is 1. The molecule has 10 heteroatoms. The third-order valence-electron chi connectivity index (χ3n) is 5.75. The Morgan fingerprint density at radius 2 is 1.75 bits per heavy atom. The third kappa shape index (κ3) is 3.50. The number of halogens is 3. The van der Waals surface area contributed by atoms with Gasteiger partial charge in [0.25, 0.3) is 11.8 Å². The summed E-state index contributed by atoms with van der Waals surface area (Å²) in [6.07, 6.45) is -7.86. The quantitative estimate of drug-likeness (QED) is 0.736. The smallest absolute Gasteiger partial charge is 0.382 e. The van der Waals surface area contributed by atoms with Gasteiger partial charge >= 0.3 is 6.18 Å². The Morgan fingerprint density at radius 3 is 2.44 bits per heavy atom. The van der Waals surface area contributed by atoms with Crippen molar-refractivity contribution in [2.24, 2.45) is 0 Å². The molecule has 168 valence electrons. The van der Waals surface area contributed by atoms with E-state index in [1.165, 1.54) is 21.9 Å². The second-order valence-electron chi connectivity index (χ2n) is 7.71. The van der Waals surface area contributed by atoms with Crippen LogP contribution in [-0.2, 0) is 16.1 Å². The van der Waals surface area contributed by atoms with Gasteiger partial charge in [0.05, 0.1) is 17.8 Å². The fourth-order valence-electron chi connectivity index (χ4n) is 4.22. The number of nitrogens with zero attached hydrogens (tertiary/aromatic N) is 2. The summed E-state index contributed by atoms with van der Waals surface area (Å²) in [6.45, 7) is -1.13. The zero-order valence-electron chi connectivity index (χ0n) is 16.8. The molecule has 1 saturated heterocycles. The fraction of sp³-hybridized carbons (Fsp3) is 0.318. The van der Waals surface area contributed by atoms with Gasteiger partial charge in [-0.2, -0.15) is 13.2 Å². The Kier molecular flexibility index (Phi) is 5.41. The molecule has 0 aliphatic carbocycles. The molecule has 0 saturated carbocycles. The minimum Gasteiger partial charge on any atom is -0.382 e. The summed E-state index contributed by atoms with van der Waals surface area (Å²) in [7, 11) is 0. The number of fused-ring (bicyclic) bond motifs is 3. The third-order valence-corrected chi connectivity index (χ3v) is 5.75. The highest BCUT2D eigenvalue weighted by atomic mass is 19.4. The maximum absolute atomic E-state index is 13.5. The number of aliphatic hydroxyl groups excluding tert-OH is 1. The Bertz CT molecular complexity index is 1060. The number of alkyl halides is 3. The highest BCUT2D eigenvalue weighted by Gasteiger charge is 2.60. The number of hydrogen-bond donors (Lipinski definition) is 2. The van der Waals surface area contributed by atoms with E-state index in [2.05, 4.69) is 5.32 Å². The number of anilines is 1. The van der Waals surface area contributed by atoms with Crippen LogP contribution in [0.1, 0.15) is 28.8 Å². The van der Waals surface area contributed by atoms with Gasteiger partial charge < -0.3 is 15.3 Å². The molecule has 2 aromatic carbocycles. The molecule has 2 aromatic rings. The lowest BCUT2D eigenvalue weighted by Crippen LogP contribution is -2.70. The average molecular weight is 447 g/mol. The van der Waals surface area contributed by atoms with Crippen LogP contribution in [0.15, 0.2) is 54.6 Å². The molecule has 3 amide bonds. The van der Waals surface area contributed by atoms with Crippen molar-refractivity contribution in [3.63, 3.8) is 0 Å². The first-order valence-electron chi connectivity index (χ1n) is 9.97. The molecule has 0 radical (unpaired) electrons. The van der Waals surface area contributed by atoms with Crippen LogP contribution in [0.3, 0.4) is 0 Å². The molecule has 2 heterocycles. The highest BCUT2D eigenvalue weighted by Crippen LogP contribution is 2.45. The monoisotopic (exact) mass is 447 g/mol. The number of amides is 3. The maximum atomic E-state index is 13.5. The van der Waals surface area contributed by atoms with Gasteiger partial charge in [-0.05, 0) is 17.7 Å².